The number of hydrogen-bond acceptors (Lipinski definition) is 4. The highest BCUT2D eigenvalue weighted by molar-refractivity contribution is 5.39. The van der Waals surface area contributed by atoms with E-state index in [0.717, 1.165) is 12.2 Å². The maximum Gasteiger partial charge on any atom is 0.218 e. The summed E-state index contributed by atoms with van der Waals surface area (Å²) < 4.78 is 5.07. The molecule has 0 fully saturated rings. The van der Waals surface area contributed by atoms with Crippen LogP contribution in [0.3, 0.4) is 0 Å². The second-order valence-corrected chi connectivity index (χ2v) is 3.41. The highest BCUT2D eigenvalue weighted by atomic mass is 16.5. The van der Waals surface area contributed by atoms with Crippen LogP contribution >= 0.6 is 0 Å². The van der Waals surface area contributed by atoms with Crippen molar-refractivity contribution in [3.05, 3.63) is 24.5 Å². The van der Waals surface area contributed by atoms with Crippen molar-refractivity contribution in [2.24, 2.45) is 0 Å². The Labute approximate surface area is 90.4 Å². The summed E-state index contributed by atoms with van der Waals surface area (Å²) in [6.45, 7) is 7.61. The maximum atomic E-state index is 5.07. The topological polar surface area (TPSA) is 47.0 Å². The van der Waals surface area contributed by atoms with Crippen LogP contribution in [0.1, 0.15) is 19.2 Å². The van der Waals surface area contributed by atoms with Crippen molar-refractivity contribution in [1.29, 1.82) is 0 Å². The standard InChI is InChI=1S/C11H17N3O/c1-5-6-8(2)12-10-7-11(15-4)14-9(3)13-10/h5,7-8H,1,6H2,2-4H3,(H,12,13,14). The van der Waals surface area contributed by atoms with Gasteiger partial charge in [0.1, 0.15) is 11.6 Å². The fourth-order valence-electron chi connectivity index (χ4n) is 1.28. The summed E-state index contributed by atoms with van der Waals surface area (Å²) in [5.41, 5.74) is 0. The van der Waals surface area contributed by atoms with Crippen molar-refractivity contribution >= 4 is 5.82 Å². The summed E-state index contributed by atoms with van der Waals surface area (Å²) in [6, 6.07) is 2.09. The molecule has 0 amide bonds. The Morgan fingerprint density at radius 3 is 2.93 bits per heavy atom. The van der Waals surface area contributed by atoms with Gasteiger partial charge < -0.3 is 10.1 Å². The molecule has 1 N–H and O–H groups in total. The van der Waals surface area contributed by atoms with E-state index in [0.29, 0.717) is 17.7 Å². The third-order valence-corrected chi connectivity index (χ3v) is 1.94. The fourth-order valence-corrected chi connectivity index (χ4v) is 1.28. The largest absolute Gasteiger partial charge is 0.481 e. The zero-order valence-electron chi connectivity index (χ0n) is 9.45. The number of rotatable bonds is 5. The highest BCUT2D eigenvalue weighted by Gasteiger charge is 2.04. The van der Waals surface area contributed by atoms with Crippen LogP contribution in [0.25, 0.3) is 0 Å². The Hall–Kier alpha value is -1.58. The van der Waals surface area contributed by atoms with Crippen LogP contribution in [0.2, 0.25) is 0 Å². The zero-order chi connectivity index (χ0) is 11.3. The van der Waals surface area contributed by atoms with Crippen molar-refractivity contribution < 1.29 is 4.74 Å². The summed E-state index contributed by atoms with van der Waals surface area (Å²) in [6.07, 6.45) is 2.77. The number of methoxy groups -OCH3 is 1. The molecule has 1 aromatic heterocycles. The molecule has 1 heterocycles. The van der Waals surface area contributed by atoms with E-state index in [1.807, 2.05) is 13.0 Å². The first-order valence-corrected chi connectivity index (χ1v) is 4.92. The average molecular weight is 207 g/mol. The first kappa shape index (κ1) is 11.5. The molecule has 0 saturated heterocycles. The Kier molecular flexibility index (Phi) is 4.09. The predicted molar refractivity (Wildman–Crippen MR) is 61.2 cm³/mol. The monoisotopic (exact) mass is 207 g/mol. The Bertz CT molecular complexity index is 339. The molecule has 1 unspecified atom stereocenters. The van der Waals surface area contributed by atoms with Crippen LogP contribution < -0.4 is 10.1 Å². The van der Waals surface area contributed by atoms with Crippen LogP contribution in [0, 0.1) is 6.92 Å². The third-order valence-electron chi connectivity index (χ3n) is 1.94. The number of anilines is 1. The molecule has 1 rings (SSSR count). The van der Waals surface area contributed by atoms with Crippen LogP contribution in [0.4, 0.5) is 5.82 Å². The molecular weight excluding hydrogens is 190 g/mol. The van der Waals surface area contributed by atoms with Crippen molar-refractivity contribution in [3.63, 3.8) is 0 Å². The summed E-state index contributed by atoms with van der Waals surface area (Å²) >= 11 is 0. The molecule has 0 aliphatic carbocycles. The minimum atomic E-state index is 0.307. The molecule has 0 aliphatic heterocycles. The first-order chi connectivity index (χ1) is 7.15. The van der Waals surface area contributed by atoms with Gasteiger partial charge in [0.25, 0.3) is 0 Å². The van der Waals surface area contributed by atoms with E-state index >= 15 is 0 Å². The van der Waals surface area contributed by atoms with Crippen molar-refractivity contribution in [2.45, 2.75) is 26.3 Å². The van der Waals surface area contributed by atoms with Gasteiger partial charge in [-0.3, -0.25) is 0 Å². The fraction of sp³-hybridized carbons (Fsp3) is 0.455. The van der Waals surface area contributed by atoms with Gasteiger partial charge in [-0.25, -0.2) is 4.98 Å². The van der Waals surface area contributed by atoms with E-state index in [-0.39, 0.29) is 0 Å². The highest BCUT2D eigenvalue weighted by Crippen LogP contribution is 2.14. The van der Waals surface area contributed by atoms with Gasteiger partial charge in [0, 0.05) is 12.1 Å². The molecule has 0 spiro atoms. The molecule has 82 valence electrons. The lowest BCUT2D eigenvalue weighted by Gasteiger charge is -2.13. The molecule has 0 aromatic carbocycles. The quantitative estimate of drug-likeness (QED) is 0.752. The lowest BCUT2D eigenvalue weighted by atomic mass is 10.2. The SMILES string of the molecule is C=CCC(C)Nc1cc(OC)nc(C)n1. The van der Waals surface area contributed by atoms with Crippen molar-refractivity contribution in [1.82, 2.24) is 9.97 Å². The lowest BCUT2D eigenvalue weighted by molar-refractivity contribution is 0.396. The van der Waals surface area contributed by atoms with E-state index in [1.54, 1.807) is 13.2 Å². The van der Waals surface area contributed by atoms with E-state index in [1.165, 1.54) is 0 Å². The zero-order valence-corrected chi connectivity index (χ0v) is 9.45. The van der Waals surface area contributed by atoms with Crippen LogP contribution in [-0.2, 0) is 0 Å². The van der Waals surface area contributed by atoms with Gasteiger partial charge in [0.15, 0.2) is 0 Å². The Balaban J connectivity index is 2.75. The smallest absolute Gasteiger partial charge is 0.218 e. The molecule has 4 nitrogen and oxygen atoms in total. The average Bonchev–Trinajstić information content (AvgIpc) is 2.17. The number of aromatic nitrogens is 2. The van der Waals surface area contributed by atoms with Crippen LogP contribution in [0.5, 0.6) is 5.88 Å². The maximum absolute atomic E-state index is 5.07. The van der Waals surface area contributed by atoms with E-state index in [2.05, 4.69) is 28.8 Å². The van der Waals surface area contributed by atoms with E-state index in [9.17, 15) is 0 Å². The third kappa shape index (κ3) is 3.58. The van der Waals surface area contributed by atoms with Gasteiger partial charge >= 0.3 is 0 Å². The predicted octanol–water partition coefficient (Wildman–Crippen LogP) is 2.17. The Morgan fingerprint density at radius 1 is 1.60 bits per heavy atom. The van der Waals surface area contributed by atoms with Gasteiger partial charge in [0.05, 0.1) is 7.11 Å². The number of nitrogens with one attached hydrogen (secondary N) is 1. The van der Waals surface area contributed by atoms with Gasteiger partial charge in [-0.15, -0.1) is 6.58 Å². The van der Waals surface area contributed by atoms with Crippen LogP contribution in [-0.4, -0.2) is 23.1 Å². The van der Waals surface area contributed by atoms with Gasteiger partial charge in [-0.05, 0) is 20.3 Å². The molecular formula is C11H17N3O. The first-order valence-electron chi connectivity index (χ1n) is 4.92. The van der Waals surface area contributed by atoms with Gasteiger partial charge in [-0.1, -0.05) is 6.08 Å². The lowest BCUT2D eigenvalue weighted by Crippen LogP contribution is -2.15. The summed E-state index contributed by atoms with van der Waals surface area (Å²) in [5.74, 6) is 2.06. The molecule has 1 atom stereocenters. The second kappa shape index (κ2) is 5.34. The summed E-state index contributed by atoms with van der Waals surface area (Å²) in [4.78, 5) is 8.38. The molecule has 0 radical (unpaired) electrons. The molecule has 15 heavy (non-hydrogen) atoms. The number of aryl methyl sites for hydroxylation is 1. The molecule has 1 aromatic rings. The molecule has 0 aliphatic rings. The normalized spacial score (nSPS) is 11.9. The second-order valence-electron chi connectivity index (χ2n) is 3.41. The number of nitrogens with zero attached hydrogens (tertiary/aromatic N) is 2. The van der Waals surface area contributed by atoms with Crippen molar-refractivity contribution in [2.75, 3.05) is 12.4 Å². The molecule has 0 bridgehead atoms. The van der Waals surface area contributed by atoms with Gasteiger partial charge in [-0.2, -0.15) is 4.98 Å². The van der Waals surface area contributed by atoms with E-state index < -0.39 is 0 Å². The number of ether oxygens (including phenoxy) is 1. The summed E-state index contributed by atoms with van der Waals surface area (Å²) in [5, 5.41) is 3.26. The van der Waals surface area contributed by atoms with Crippen LogP contribution in [0.15, 0.2) is 18.7 Å². The Morgan fingerprint density at radius 2 is 2.33 bits per heavy atom. The van der Waals surface area contributed by atoms with Gasteiger partial charge in [0.2, 0.25) is 5.88 Å². The minimum Gasteiger partial charge on any atom is -0.481 e. The summed E-state index contributed by atoms with van der Waals surface area (Å²) in [7, 11) is 1.60. The molecule has 4 heteroatoms. The molecule has 0 saturated carbocycles. The minimum absolute atomic E-state index is 0.307. The van der Waals surface area contributed by atoms with E-state index in [4.69, 9.17) is 4.74 Å². The van der Waals surface area contributed by atoms with Crippen molar-refractivity contribution in [3.8, 4) is 5.88 Å². The number of hydrogen-bond donors (Lipinski definition) is 1.